The average molecular weight is 486 g/mol. The fraction of sp³-hybridized carbons (Fsp3) is 0. The van der Waals surface area contributed by atoms with Crippen LogP contribution in [0.4, 0.5) is 15.9 Å². The monoisotopic (exact) mass is 485 g/mol. The van der Waals surface area contributed by atoms with Gasteiger partial charge in [0, 0.05) is 52.2 Å². The minimum atomic E-state index is -0.560. The van der Waals surface area contributed by atoms with Crippen molar-refractivity contribution >= 4 is 22.3 Å². The van der Waals surface area contributed by atoms with Gasteiger partial charge in [-0.15, -0.1) is 10.2 Å². The average Bonchev–Trinajstić information content (AvgIpc) is 2.95. The Bertz CT molecular complexity index is 1690. The largest absolute Gasteiger partial charge is 0.457 e. The number of rotatable bonds is 6. The molecule has 37 heavy (non-hydrogen) atoms. The molecule has 0 bridgehead atoms. The number of nitrogens with one attached hydrogen (secondary N) is 1. The van der Waals surface area contributed by atoms with E-state index in [1.807, 2.05) is 72.8 Å². The van der Waals surface area contributed by atoms with Gasteiger partial charge in [0.05, 0.1) is 0 Å². The van der Waals surface area contributed by atoms with Crippen molar-refractivity contribution in [2.24, 2.45) is 0 Å². The number of hydrogen-bond donors (Lipinski definition) is 1. The van der Waals surface area contributed by atoms with Gasteiger partial charge >= 0.3 is 0 Å². The zero-order valence-electron chi connectivity index (χ0n) is 19.5. The third-order valence-electron chi connectivity index (χ3n) is 5.90. The summed E-state index contributed by atoms with van der Waals surface area (Å²) in [5, 5.41) is 14.4. The third-order valence-corrected chi connectivity index (χ3v) is 5.90. The van der Waals surface area contributed by atoms with Gasteiger partial charge in [0.25, 0.3) is 0 Å². The standard InChI is InChI=1S/C30H20FN5O/c31-28-18-21(14-17-33-28)26-19-32-16-15-27(26)37-23-12-10-22(11-13-23)34-30-25-9-5-4-8-24(25)29(35-36-30)20-6-2-1-3-7-20/h1-19H,(H,34,36). The summed E-state index contributed by atoms with van der Waals surface area (Å²) in [6.45, 7) is 0. The molecule has 0 saturated heterocycles. The van der Waals surface area contributed by atoms with Gasteiger partial charge in [0.1, 0.15) is 17.2 Å². The zero-order chi connectivity index (χ0) is 25.0. The molecule has 0 fully saturated rings. The first-order valence-electron chi connectivity index (χ1n) is 11.7. The van der Waals surface area contributed by atoms with E-state index in [1.165, 1.54) is 12.3 Å². The van der Waals surface area contributed by atoms with E-state index in [2.05, 4.69) is 31.5 Å². The van der Waals surface area contributed by atoms with Crippen LogP contribution < -0.4 is 10.1 Å². The quantitative estimate of drug-likeness (QED) is 0.247. The maximum absolute atomic E-state index is 13.7. The first-order valence-corrected chi connectivity index (χ1v) is 11.7. The Balaban J connectivity index is 1.26. The van der Waals surface area contributed by atoms with Gasteiger partial charge in [-0.1, -0.05) is 54.6 Å². The van der Waals surface area contributed by atoms with E-state index in [9.17, 15) is 4.39 Å². The van der Waals surface area contributed by atoms with Crippen LogP contribution in [-0.2, 0) is 0 Å². The zero-order valence-corrected chi connectivity index (χ0v) is 19.5. The summed E-state index contributed by atoms with van der Waals surface area (Å²) in [7, 11) is 0. The van der Waals surface area contributed by atoms with E-state index in [1.54, 1.807) is 24.5 Å². The maximum Gasteiger partial charge on any atom is 0.213 e. The van der Waals surface area contributed by atoms with Gasteiger partial charge in [-0.3, -0.25) is 4.98 Å². The Labute approximate surface area is 212 Å². The summed E-state index contributed by atoms with van der Waals surface area (Å²) in [4.78, 5) is 7.78. The Kier molecular flexibility index (Phi) is 5.93. The molecule has 6 nitrogen and oxygen atoms in total. The molecule has 3 aromatic carbocycles. The highest BCUT2D eigenvalue weighted by Crippen LogP contribution is 2.34. The van der Waals surface area contributed by atoms with Crippen LogP contribution in [0, 0.1) is 5.95 Å². The van der Waals surface area contributed by atoms with Gasteiger partial charge in [0.15, 0.2) is 5.82 Å². The molecule has 0 spiro atoms. The fourth-order valence-corrected chi connectivity index (χ4v) is 4.13. The Morgan fingerprint density at radius 3 is 2.30 bits per heavy atom. The second kappa shape index (κ2) is 9.83. The molecule has 0 saturated carbocycles. The highest BCUT2D eigenvalue weighted by Gasteiger charge is 2.12. The van der Waals surface area contributed by atoms with Crippen molar-refractivity contribution < 1.29 is 9.13 Å². The smallest absolute Gasteiger partial charge is 0.213 e. The summed E-state index contributed by atoms with van der Waals surface area (Å²) in [6.07, 6.45) is 4.69. The van der Waals surface area contributed by atoms with Crippen molar-refractivity contribution in [1.29, 1.82) is 0 Å². The lowest BCUT2D eigenvalue weighted by atomic mass is 10.0. The van der Waals surface area contributed by atoms with Crippen molar-refractivity contribution in [1.82, 2.24) is 20.2 Å². The Morgan fingerprint density at radius 2 is 1.49 bits per heavy atom. The van der Waals surface area contributed by atoms with Crippen LogP contribution in [0.1, 0.15) is 0 Å². The SMILES string of the molecule is Fc1cc(-c2cnccc2Oc2ccc(Nc3nnc(-c4ccccc4)c4ccccc34)cc2)ccn1. The van der Waals surface area contributed by atoms with Gasteiger partial charge in [-0.2, -0.15) is 4.39 Å². The second-order valence-corrected chi connectivity index (χ2v) is 8.30. The molecule has 1 N–H and O–H groups in total. The molecule has 3 aromatic heterocycles. The number of halogens is 1. The summed E-state index contributed by atoms with van der Waals surface area (Å²) in [5.41, 5.74) is 4.01. The van der Waals surface area contributed by atoms with Crippen molar-refractivity contribution in [3.8, 4) is 33.9 Å². The summed E-state index contributed by atoms with van der Waals surface area (Å²) >= 11 is 0. The molecule has 0 aliphatic carbocycles. The van der Waals surface area contributed by atoms with Crippen LogP contribution in [-0.4, -0.2) is 20.2 Å². The van der Waals surface area contributed by atoms with E-state index in [4.69, 9.17) is 4.74 Å². The molecular formula is C30H20FN5O. The molecule has 0 aliphatic rings. The maximum atomic E-state index is 13.7. The highest BCUT2D eigenvalue weighted by atomic mass is 19.1. The van der Waals surface area contributed by atoms with Crippen LogP contribution in [0.15, 0.2) is 116 Å². The highest BCUT2D eigenvalue weighted by molar-refractivity contribution is 6.00. The molecule has 178 valence electrons. The molecule has 0 amide bonds. The number of anilines is 2. The lowest BCUT2D eigenvalue weighted by molar-refractivity contribution is 0.484. The number of nitrogens with zero attached hydrogens (tertiary/aromatic N) is 4. The molecular weight excluding hydrogens is 465 g/mol. The first-order chi connectivity index (χ1) is 18.2. The van der Waals surface area contributed by atoms with Crippen molar-refractivity contribution in [2.75, 3.05) is 5.32 Å². The Morgan fingerprint density at radius 1 is 0.703 bits per heavy atom. The van der Waals surface area contributed by atoms with Gasteiger partial charge in [0.2, 0.25) is 5.95 Å². The summed E-state index contributed by atoms with van der Waals surface area (Å²) in [6, 6.07) is 30.4. The number of ether oxygens (including phenoxy) is 1. The second-order valence-electron chi connectivity index (χ2n) is 8.30. The summed E-state index contributed by atoms with van der Waals surface area (Å²) in [5.74, 6) is 1.30. The number of hydrogen-bond acceptors (Lipinski definition) is 6. The number of benzene rings is 3. The molecule has 6 rings (SSSR count). The normalized spacial score (nSPS) is 10.8. The first kappa shape index (κ1) is 22.3. The molecule has 0 radical (unpaired) electrons. The van der Waals surface area contributed by atoms with Crippen LogP contribution in [0.5, 0.6) is 11.5 Å². The Hall–Kier alpha value is -5.17. The lowest BCUT2D eigenvalue weighted by Gasteiger charge is -2.13. The van der Waals surface area contributed by atoms with Crippen LogP contribution in [0.3, 0.4) is 0 Å². The summed E-state index contributed by atoms with van der Waals surface area (Å²) < 4.78 is 19.8. The molecule has 0 unspecified atom stereocenters. The predicted octanol–water partition coefficient (Wildman–Crippen LogP) is 7.43. The van der Waals surface area contributed by atoms with Gasteiger partial charge < -0.3 is 10.1 Å². The third kappa shape index (κ3) is 4.70. The lowest BCUT2D eigenvalue weighted by Crippen LogP contribution is -1.99. The van der Waals surface area contributed by atoms with E-state index >= 15 is 0 Å². The van der Waals surface area contributed by atoms with Crippen LogP contribution in [0.25, 0.3) is 33.2 Å². The molecule has 3 heterocycles. The molecule has 0 aliphatic heterocycles. The number of pyridine rings is 2. The van der Waals surface area contributed by atoms with Crippen molar-refractivity contribution in [3.63, 3.8) is 0 Å². The topological polar surface area (TPSA) is 72.8 Å². The van der Waals surface area contributed by atoms with Crippen LogP contribution in [0.2, 0.25) is 0 Å². The van der Waals surface area contributed by atoms with Crippen molar-refractivity contribution in [3.05, 3.63) is 122 Å². The number of fused-ring (bicyclic) bond motifs is 1. The molecule has 0 atom stereocenters. The van der Waals surface area contributed by atoms with Crippen molar-refractivity contribution in [2.45, 2.75) is 0 Å². The van der Waals surface area contributed by atoms with Crippen LogP contribution >= 0.6 is 0 Å². The van der Waals surface area contributed by atoms with Gasteiger partial charge in [-0.05, 0) is 42.0 Å². The number of aromatic nitrogens is 4. The van der Waals surface area contributed by atoms with Gasteiger partial charge in [-0.25, -0.2) is 4.98 Å². The van der Waals surface area contributed by atoms with E-state index in [0.717, 1.165) is 27.7 Å². The molecule has 6 aromatic rings. The fourth-order valence-electron chi connectivity index (χ4n) is 4.13. The van der Waals surface area contributed by atoms with E-state index in [0.29, 0.717) is 28.4 Å². The van der Waals surface area contributed by atoms with E-state index < -0.39 is 5.95 Å². The minimum absolute atomic E-state index is 0.560. The minimum Gasteiger partial charge on any atom is -0.457 e. The molecule has 7 heteroatoms. The predicted molar refractivity (Wildman–Crippen MR) is 142 cm³/mol. The van der Waals surface area contributed by atoms with E-state index in [-0.39, 0.29) is 0 Å².